The molecule has 0 bridgehead atoms. The largest absolute Gasteiger partial charge is 0.458 e. The van der Waals surface area contributed by atoms with Gasteiger partial charge in [-0.3, -0.25) is 4.79 Å². The smallest absolute Gasteiger partial charge is 0.343 e. The van der Waals surface area contributed by atoms with Crippen molar-refractivity contribution >= 4 is 25.2 Å². The number of pyridine rings is 2. The van der Waals surface area contributed by atoms with Crippen molar-refractivity contribution in [2.75, 3.05) is 6.61 Å². The van der Waals surface area contributed by atoms with Gasteiger partial charge in [0, 0.05) is 23.1 Å². The molecule has 1 aromatic carbocycles. The fourth-order valence-corrected chi connectivity index (χ4v) is 5.42. The minimum Gasteiger partial charge on any atom is -0.458 e. The van der Waals surface area contributed by atoms with E-state index < -0.39 is 19.9 Å². The Bertz CT molecular complexity index is 1380. The van der Waals surface area contributed by atoms with Crippen LogP contribution < -0.4 is 5.56 Å². The molecule has 8 nitrogen and oxygen atoms in total. The molecule has 0 radical (unpaired) electrons. The molecule has 2 aliphatic heterocycles. The first kappa shape index (κ1) is 22.9. The zero-order valence-electron chi connectivity index (χ0n) is 19.6. The Morgan fingerprint density at radius 2 is 2.00 bits per heavy atom. The second-order valence-electron chi connectivity index (χ2n) is 9.65. The summed E-state index contributed by atoms with van der Waals surface area (Å²) in [4.78, 5) is 40.8. The second-order valence-corrected chi connectivity index (χ2v) is 13.8. The fourth-order valence-electron chi connectivity index (χ4n) is 4.77. The Morgan fingerprint density at radius 1 is 1.24 bits per heavy atom. The Hall–Kier alpha value is -2.85. The van der Waals surface area contributed by atoms with Gasteiger partial charge in [-0.15, -0.1) is 0 Å². The number of nitrogens with zero attached hydrogens (tertiary/aromatic N) is 2. The Kier molecular flexibility index (Phi) is 5.48. The summed E-state index contributed by atoms with van der Waals surface area (Å²) in [7, 11) is -2.21. The molecular formula is C25H28N2O6Si. The Morgan fingerprint density at radius 3 is 2.74 bits per heavy atom. The number of hydrogen-bond acceptors (Lipinski definition) is 7. The van der Waals surface area contributed by atoms with Crippen molar-refractivity contribution in [2.24, 2.45) is 0 Å². The molecule has 4 heterocycles. The van der Waals surface area contributed by atoms with Crippen LogP contribution in [-0.4, -0.2) is 40.3 Å². The number of fused-ring (bicyclic) bond motifs is 5. The topological polar surface area (TPSA) is 111 Å². The number of esters is 1. The predicted molar refractivity (Wildman–Crippen MR) is 129 cm³/mol. The van der Waals surface area contributed by atoms with Crippen LogP contribution in [-0.2, 0) is 39.6 Å². The summed E-state index contributed by atoms with van der Waals surface area (Å²) in [6.45, 7) is 6.40. The summed E-state index contributed by atoms with van der Waals surface area (Å²) in [5.41, 5.74) is 2.34. The van der Waals surface area contributed by atoms with Crippen LogP contribution in [0.15, 0.2) is 35.1 Å². The second kappa shape index (κ2) is 8.12. The number of ether oxygens (including phenoxy) is 2. The molecule has 0 saturated carbocycles. The number of rotatable bonds is 6. The van der Waals surface area contributed by atoms with Crippen molar-refractivity contribution in [3.8, 4) is 11.4 Å². The number of aromatic nitrogens is 2. The monoisotopic (exact) mass is 480 g/mol. The van der Waals surface area contributed by atoms with E-state index in [0.717, 1.165) is 22.0 Å². The van der Waals surface area contributed by atoms with Gasteiger partial charge in [0.05, 0.1) is 35.6 Å². The van der Waals surface area contributed by atoms with Gasteiger partial charge in [0.25, 0.3) is 5.56 Å². The molecule has 178 valence electrons. The molecule has 2 N–H and O–H groups in total. The van der Waals surface area contributed by atoms with Crippen LogP contribution in [0, 0.1) is 0 Å². The molecule has 5 rings (SSSR count). The zero-order chi connectivity index (χ0) is 24.3. The lowest BCUT2D eigenvalue weighted by Crippen LogP contribution is -2.44. The van der Waals surface area contributed by atoms with Gasteiger partial charge in [-0.1, -0.05) is 25.1 Å². The number of aliphatic hydroxyl groups is 1. The molecule has 3 aromatic rings. The molecule has 0 spiro atoms. The van der Waals surface area contributed by atoms with Gasteiger partial charge in [0.15, 0.2) is 13.9 Å². The first-order chi connectivity index (χ1) is 16.1. The van der Waals surface area contributed by atoms with Crippen molar-refractivity contribution in [1.82, 2.24) is 9.55 Å². The van der Waals surface area contributed by atoms with Crippen LogP contribution in [0.2, 0.25) is 19.1 Å². The van der Waals surface area contributed by atoms with Crippen molar-refractivity contribution in [3.63, 3.8) is 0 Å². The fraction of sp³-hybridized carbons (Fsp3) is 0.400. The van der Waals surface area contributed by atoms with E-state index in [9.17, 15) is 19.5 Å². The third kappa shape index (κ3) is 3.59. The number of benzene rings is 1. The number of hydrogen-bond donors (Lipinski definition) is 2. The number of carbonyl (C=O) groups excluding carboxylic acids is 1. The van der Waals surface area contributed by atoms with Gasteiger partial charge in [-0.05, 0) is 43.3 Å². The van der Waals surface area contributed by atoms with E-state index in [2.05, 4.69) is 0 Å². The van der Waals surface area contributed by atoms with Gasteiger partial charge in [0.2, 0.25) is 0 Å². The molecule has 34 heavy (non-hydrogen) atoms. The van der Waals surface area contributed by atoms with E-state index in [1.165, 1.54) is 0 Å². The summed E-state index contributed by atoms with van der Waals surface area (Å²) in [5, 5.41) is 12.0. The van der Waals surface area contributed by atoms with Crippen LogP contribution in [0.25, 0.3) is 22.3 Å². The maximum atomic E-state index is 13.4. The van der Waals surface area contributed by atoms with E-state index in [1.807, 2.05) is 37.4 Å². The third-order valence-electron chi connectivity index (χ3n) is 6.82. The van der Waals surface area contributed by atoms with Crippen LogP contribution in [0.3, 0.4) is 0 Å². The first-order valence-corrected chi connectivity index (χ1v) is 14.7. The minimum absolute atomic E-state index is 0.101. The highest BCUT2D eigenvalue weighted by Gasteiger charge is 2.45. The molecule has 0 unspecified atom stereocenters. The summed E-state index contributed by atoms with van der Waals surface area (Å²) < 4.78 is 12.8. The van der Waals surface area contributed by atoms with Crippen LogP contribution in [0.4, 0.5) is 0 Å². The van der Waals surface area contributed by atoms with Crippen LogP contribution >= 0.6 is 0 Å². The molecule has 9 heteroatoms. The minimum atomic E-state index is -2.21. The van der Waals surface area contributed by atoms with E-state index in [0.29, 0.717) is 48.3 Å². The number of carbonyl (C=O) groups is 1. The summed E-state index contributed by atoms with van der Waals surface area (Å²) in [6.07, 6.45) is 0.101. The molecule has 2 aliphatic rings. The Balaban J connectivity index is 1.64. The van der Waals surface area contributed by atoms with E-state index in [1.54, 1.807) is 17.6 Å². The van der Waals surface area contributed by atoms with Crippen LogP contribution in [0.1, 0.15) is 35.6 Å². The molecule has 0 fully saturated rings. The summed E-state index contributed by atoms with van der Waals surface area (Å²) in [5.74, 6) is -0.735. The first-order valence-electron chi connectivity index (χ1n) is 11.5. The normalized spacial score (nSPS) is 19.0. The SMILES string of the molecule is CC[C@@]1(O)C(=O)OCc2c1cc1n(c2=O)Cc2c-1nc1ccccc1c2COCC[Si](C)(C)O. The zero-order valence-corrected chi connectivity index (χ0v) is 20.6. The highest BCUT2D eigenvalue weighted by molar-refractivity contribution is 6.69. The predicted octanol–water partition coefficient (Wildman–Crippen LogP) is 2.79. The van der Waals surface area contributed by atoms with Gasteiger partial charge >= 0.3 is 5.97 Å². The van der Waals surface area contributed by atoms with E-state index in [-0.39, 0.29) is 18.6 Å². The highest BCUT2D eigenvalue weighted by Crippen LogP contribution is 2.40. The number of cyclic esters (lactones) is 1. The van der Waals surface area contributed by atoms with Gasteiger partial charge in [-0.2, -0.15) is 0 Å². The molecule has 0 aliphatic carbocycles. The van der Waals surface area contributed by atoms with Crippen molar-refractivity contribution in [2.45, 2.75) is 57.8 Å². The highest BCUT2D eigenvalue weighted by atomic mass is 28.4. The summed E-state index contributed by atoms with van der Waals surface area (Å²) >= 11 is 0. The molecule has 1 atom stereocenters. The Labute approximate surface area is 197 Å². The summed E-state index contributed by atoms with van der Waals surface area (Å²) in [6, 6.07) is 10.1. The van der Waals surface area contributed by atoms with Crippen molar-refractivity contribution < 1.29 is 24.2 Å². The lowest BCUT2D eigenvalue weighted by molar-refractivity contribution is -0.172. The third-order valence-corrected chi connectivity index (χ3v) is 8.25. The molecular weight excluding hydrogens is 452 g/mol. The van der Waals surface area contributed by atoms with Crippen molar-refractivity contribution in [1.29, 1.82) is 0 Å². The van der Waals surface area contributed by atoms with Gasteiger partial charge < -0.3 is 23.9 Å². The lowest BCUT2D eigenvalue weighted by atomic mass is 9.86. The average molecular weight is 481 g/mol. The van der Waals surface area contributed by atoms with Gasteiger partial charge in [0.1, 0.15) is 6.61 Å². The number of para-hydroxylation sites is 1. The van der Waals surface area contributed by atoms with E-state index >= 15 is 0 Å². The van der Waals surface area contributed by atoms with Gasteiger partial charge in [-0.25, -0.2) is 9.78 Å². The quantitative estimate of drug-likeness (QED) is 0.248. The lowest BCUT2D eigenvalue weighted by Gasteiger charge is -2.31. The molecule has 0 amide bonds. The van der Waals surface area contributed by atoms with E-state index in [4.69, 9.17) is 14.5 Å². The molecule has 0 saturated heterocycles. The van der Waals surface area contributed by atoms with Crippen LogP contribution in [0.5, 0.6) is 0 Å². The molecule has 2 aromatic heterocycles. The van der Waals surface area contributed by atoms with Crippen molar-refractivity contribution in [3.05, 3.63) is 62.9 Å². The maximum absolute atomic E-state index is 13.4. The standard InChI is InChI=1S/C25H28N2O6Si/c1-4-25(30)19-11-21-22-16(12-27(21)23(28)18(19)14-33-24(25)29)17(13-32-9-10-34(2,3)31)15-7-5-6-8-20(15)26-22/h5-8,11,30-31H,4,9-10,12-14H2,1-3H3/t25-/m0/s1. The maximum Gasteiger partial charge on any atom is 0.343 e. The average Bonchev–Trinajstić information content (AvgIpc) is 3.17.